The van der Waals surface area contributed by atoms with Gasteiger partial charge in [0.2, 0.25) is 0 Å². The van der Waals surface area contributed by atoms with Gasteiger partial charge in [-0.2, -0.15) is 10.4 Å². The van der Waals surface area contributed by atoms with Gasteiger partial charge in [0.25, 0.3) is 0 Å². The molecule has 0 spiro atoms. The number of fused-ring (bicyclic) bond motifs is 1. The number of ether oxygens (including phenoxy) is 2. The minimum absolute atomic E-state index is 0.266. The number of hydrogen-bond donors (Lipinski definition) is 1. The fourth-order valence-electron chi connectivity index (χ4n) is 2.96. The second kappa shape index (κ2) is 6.69. The lowest BCUT2D eigenvalue weighted by molar-refractivity contribution is -0.139. The number of benzene rings is 1. The van der Waals surface area contributed by atoms with E-state index in [2.05, 4.69) is 16.5 Å². The molecule has 1 aliphatic heterocycles. The molecule has 2 heterocycles. The monoisotopic (exact) mass is 338 g/mol. The summed E-state index contributed by atoms with van der Waals surface area (Å²) >= 11 is 0. The van der Waals surface area contributed by atoms with Crippen LogP contribution in [0.5, 0.6) is 5.75 Å². The second-order valence-corrected chi connectivity index (χ2v) is 5.51. The molecule has 0 bridgehead atoms. The molecular weight excluding hydrogens is 320 g/mol. The van der Waals surface area contributed by atoms with E-state index in [0.29, 0.717) is 28.1 Å². The lowest BCUT2D eigenvalue weighted by Gasteiger charge is -2.29. The van der Waals surface area contributed by atoms with Gasteiger partial charge in [0.1, 0.15) is 17.6 Å². The Balaban J connectivity index is 2.21. The molecule has 1 N–H and O–H groups in total. The van der Waals surface area contributed by atoms with Crippen LogP contribution in [-0.2, 0) is 9.53 Å². The molecular formula is C18H18N4O3. The Morgan fingerprint density at radius 3 is 2.92 bits per heavy atom. The highest BCUT2D eigenvalue weighted by Gasteiger charge is 2.34. The quantitative estimate of drug-likeness (QED) is 0.862. The summed E-state index contributed by atoms with van der Waals surface area (Å²) in [6.07, 6.45) is 1.65. The summed E-state index contributed by atoms with van der Waals surface area (Å²) in [5.41, 5.74) is 2.19. The van der Waals surface area contributed by atoms with Crippen molar-refractivity contribution in [1.82, 2.24) is 9.78 Å². The molecule has 128 valence electrons. The van der Waals surface area contributed by atoms with Gasteiger partial charge in [0.15, 0.2) is 0 Å². The van der Waals surface area contributed by atoms with Crippen molar-refractivity contribution in [2.24, 2.45) is 0 Å². The molecule has 1 aromatic heterocycles. The number of aromatic nitrogens is 2. The van der Waals surface area contributed by atoms with Crippen LogP contribution in [0.25, 0.3) is 0 Å². The van der Waals surface area contributed by atoms with Crippen molar-refractivity contribution < 1.29 is 14.3 Å². The van der Waals surface area contributed by atoms with E-state index in [9.17, 15) is 10.1 Å². The standard InChI is InChI=1S/C18H18N4O3/c1-4-25-18(23)16-11(2)21-15-7-8-20-22(15)17(16)14-6-5-13(24-3)9-12(14)10-19/h5-9,17,21H,4H2,1-3H3. The van der Waals surface area contributed by atoms with Crippen LogP contribution in [0.4, 0.5) is 5.82 Å². The first-order valence-electron chi connectivity index (χ1n) is 7.87. The first kappa shape index (κ1) is 16.6. The van der Waals surface area contributed by atoms with Gasteiger partial charge in [-0.15, -0.1) is 0 Å². The minimum Gasteiger partial charge on any atom is -0.497 e. The summed E-state index contributed by atoms with van der Waals surface area (Å²) in [4.78, 5) is 12.6. The van der Waals surface area contributed by atoms with Gasteiger partial charge in [-0.1, -0.05) is 6.07 Å². The van der Waals surface area contributed by atoms with E-state index in [1.807, 2.05) is 13.0 Å². The molecule has 0 radical (unpaired) electrons. The predicted molar refractivity (Wildman–Crippen MR) is 91.0 cm³/mol. The van der Waals surface area contributed by atoms with E-state index in [-0.39, 0.29) is 6.61 Å². The zero-order valence-corrected chi connectivity index (χ0v) is 14.2. The average Bonchev–Trinajstić information content (AvgIpc) is 3.08. The maximum Gasteiger partial charge on any atom is 0.338 e. The van der Waals surface area contributed by atoms with Crippen LogP contribution in [-0.4, -0.2) is 29.5 Å². The third-order valence-electron chi connectivity index (χ3n) is 4.08. The van der Waals surface area contributed by atoms with E-state index in [0.717, 1.165) is 5.82 Å². The van der Waals surface area contributed by atoms with E-state index >= 15 is 0 Å². The summed E-state index contributed by atoms with van der Waals surface area (Å²) in [5, 5.41) is 17.1. The van der Waals surface area contributed by atoms with E-state index in [4.69, 9.17) is 9.47 Å². The van der Waals surface area contributed by atoms with Gasteiger partial charge < -0.3 is 14.8 Å². The fraction of sp³-hybridized carbons (Fsp3) is 0.278. The SMILES string of the molecule is CCOC(=O)C1=C(C)Nc2ccnn2C1c1ccc(OC)cc1C#N. The predicted octanol–water partition coefficient (Wildman–Crippen LogP) is 2.62. The van der Waals surface area contributed by atoms with Gasteiger partial charge in [-0.25, -0.2) is 9.48 Å². The number of nitriles is 1. The summed E-state index contributed by atoms with van der Waals surface area (Å²) < 4.78 is 12.1. The second-order valence-electron chi connectivity index (χ2n) is 5.51. The third kappa shape index (κ3) is 2.83. The molecule has 1 aromatic carbocycles. The molecule has 7 heteroatoms. The third-order valence-corrected chi connectivity index (χ3v) is 4.08. The van der Waals surface area contributed by atoms with Gasteiger partial charge in [-0.3, -0.25) is 0 Å². The van der Waals surface area contributed by atoms with E-state index < -0.39 is 12.0 Å². The molecule has 0 amide bonds. The van der Waals surface area contributed by atoms with Crippen molar-refractivity contribution in [2.75, 3.05) is 19.0 Å². The van der Waals surface area contributed by atoms with E-state index in [1.54, 1.807) is 43.1 Å². The normalized spacial score (nSPS) is 15.8. The number of esters is 1. The molecule has 1 aliphatic rings. The maximum atomic E-state index is 12.6. The van der Waals surface area contributed by atoms with Crippen LogP contribution in [0.15, 0.2) is 41.7 Å². The number of carbonyl (C=O) groups excluding carboxylic acids is 1. The molecule has 0 aliphatic carbocycles. The Morgan fingerprint density at radius 2 is 2.24 bits per heavy atom. The van der Waals surface area contributed by atoms with Crippen LogP contribution >= 0.6 is 0 Å². The van der Waals surface area contributed by atoms with Crippen molar-refractivity contribution >= 4 is 11.8 Å². The molecule has 25 heavy (non-hydrogen) atoms. The topological polar surface area (TPSA) is 89.2 Å². The average molecular weight is 338 g/mol. The molecule has 0 saturated carbocycles. The van der Waals surface area contributed by atoms with Crippen LogP contribution in [0, 0.1) is 11.3 Å². The van der Waals surface area contributed by atoms with Crippen molar-refractivity contribution in [2.45, 2.75) is 19.9 Å². The van der Waals surface area contributed by atoms with Gasteiger partial charge in [-0.05, 0) is 31.5 Å². The van der Waals surface area contributed by atoms with Crippen LogP contribution in [0.2, 0.25) is 0 Å². The number of nitrogens with zero attached hydrogens (tertiary/aromatic N) is 3. The van der Waals surface area contributed by atoms with Crippen LogP contribution in [0.1, 0.15) is 31.0 Å². The van der Waals surface area contributed by atoms with Gasteiger partial charge >= 0.3 is 5.97 Å². The zero-order chi connectivity index (χ0) is 18.0. The number of nitrogens with one attached hydrogen (secondary N) is 1. The molecule has 0 fully saturated rings. The summed E-state index contributed by atoms with van der Waals surface area (Å²) in [6.45, 7) is 3.83. The largest absolute Gasteiger partial charge is 0.497 e. The Morgan fingerprint density at radius 1 is 1.44 bits per heavy atom. The molecule has 1 atom stereocenters. The van der Waals surface area contributed by atoms with Crippen molar-refractivity contribution in [3.63, 3.8) is 0 Å². The Bertz CT molecular complexity index is 892. The first-order valence-corrected chi connectivity index (χ1v) is 7.87. The van der Waals surface area contributed by atoms with Crippen molar-refractivity contribution in [3.05, 3.63) is 52.9 Å². The lowest BCUT2D eigenvalue weighted by atomic mass is 9.92. The van der Waals surface area contributed by atoms with Gasteiger partial charge in [0.05, 0.1) is 37.1 Å². The Kier molecular flexibility index (Phi) is 4.44. The van der Waals surface area contributed by atoms with Gasteiger partial charge in [0, 0.05) is 11.8 Å². The highest BCUT2D eigenvalue weighted by molar-refractivity contribution is 5.92. The summed E-state index contributed by atoms with van der Waals surface area (Å²) in [7, 11) is 1.54. The number of rotatable bonds is 4. The molecule has 7 nitrogen and oxygen atoms in total. The van der Waals surface area contributed by atoms with Crippen LogP contribution in [0.3, 0.4) is 0 Å². The van der Waals surface area contributed by atoms with Crippen molar-refractivity contribution in [1.29, 1.82) is 5.26 Å². The smallest absolute Gasteiger partial charge is 0.338 e. The molecule has 3 rings (SSSR count). The minimum atomic E-state index is -0.550. The number of methoxy groups -OCH3 is 1. The lowest BCUT2D eigenvalue weighted by Crippen LogP contribution is -2.29. The zero-order valence-electron chi connectivity index (χ0n) is 14.2. The van der Waals surface area contributed by atoms with Crippen molar-refractivity contribution in [3.8, 4) is 11.8 Å². The Hall–Kier alpha value is -3.27. The fourth-order valence-corrected chi connectivity index (χ4v) is 2.96. The number of hydrogen-bond acceptors (Lipinski definition) is 6. The van der Waals surface area contributed by atoms with Crippen LogP contribution < -0.4 is 10.1 Å². The Labute approximate surface area is 145 Å². The number of allylic oxidation sites excluding steroid dienone is 1. The van der Waals surface area contributed by atoms with E-state index in [1.165, 1.54) is 0 Å². The summed E-state index contributed by atoms with van der Waals surface area (Å²) in [5.74, 6) is 0.891. The highest BCUT2D eigenvalue weighted by atomic mass is 16.5. The maximum absolute atomic E-state index is 12.6. The number of carbonyl (C=O) groups is 1. The summed E-state index contributed by atoms with van der Waals surface area (Å²) in [6, 6.07) is 8.64. The first-order chi connectivity index (χ1) is 12.1. The highest BCUT2D eigenvalue weighted by Crippen LogP contribution is 2.38. The number of anilines is 1. The molecule has 2 aromatic rings. The molecule has 1 unspecified atom stereocenters. The molecule has 0 saturated heterocycles.